The summed E-state index contributed by atoms with van der Waals surface area (Å²) in [6.45, 7) is 0.235. The first-order valence-corrected chi connectivity index (χ1v) is 10.3. The molecule has 1 atom stereocenters. The maximum absolute atomic E-state index is 14.6. The van der Waals surface area contributed by atoms with Gasteiger partial charge in [0, 0.05) is 25.2 Å². The van der Waals surface area contributed by atoms with E-state index in [-0.39, 0.29) is 32.0 Å². The fourth-order valence-corrected chi connectivity index (χ4v) is 4.96. The number of ether oxygens (including phenoxy) is 1. The van der Waals surface area contributed by atoms with Crippen LogP contribution >= 0.6 is 0 Å². The first kappa shape index (κ1) is 19.0. The van der Waals surface area contributed by atoms with Gasteiger partial charge in [-0.1, -0.05) is 12.1 Å². The molecule has 1 unspecified atom stereocenters. The van der Waals surface area contributed by atoms with Crippen LogP contribution in [0.2, 0.25) is 0 Å². The maximum Gasteiger partial charge on any atom is 0.246 e. The highest BCUT2D eigenvalue weighted by atomic mass is 32.2. The summed E-state index contributed by atoms with van der Waals surface area (Å²) in [5, 5.41) is 2.55. The normalized spacial score (nSPS) is 20.5. The highest BCUT2D eigenvalue weighted by Gasteiger charge is 2.34. The number of nitrogens with zero attached hydrogens (tertiary/aromatic N) is 1. The Labute approximate surface area is 161 Å². The number of hydrogen-bond acceptors (Lipinski definition) is 4. The van der Waals surface area contributed by atoms with Crippen LogP contribution in [0.3, 0.4) is 0 Å². The summed E-state index contributed by atoms with van der Waals surface area (Å²) in [5.74, 6) is -1.53. The Balaban J connectivity index is 1.63. The zero-order chi connectivity index (χ0) is 19.9. The summed E-state index contributed by atoms with van der Waals surface area (Å²) in [7, 11) is -4.10. The van der Waals surface area contributed by atoms with Gasteiger partial charge in [0.05, 0.1) is 12.7 Å². The first-order valence-electron chi connectivity index (χ1n) is 8.84. The topological polar surface area (TPSA) is 75.7 Å². The Morgan fingerprint density at radius 2 is 1.86 bits per heavy atom. The zero-order valence-corrected chi connectivity index (χ0v) is 15.6. The van der Waals surface area contributed by atoms with Crippen molar-refractivity contribution in [3.63, 3.8) is 0 Å². The second-order valence-electron chi connectivity index (χ2n) is 6.76. The van der Waals surface area contributed by atoms with Gasteiger partial charge in [-0.05, 0) is 41.8 Å². The molecule has 0 aliphatic carbocycles. The van der Waals surface area contributed by atoms with Crippen LogP contribution in [0, 0.1) is 11.6 Å². The standard InChI is InChI=1S/C19H18F2N2O4S/c20-14-4-1-12(2-5-14)17-11-23(7-8-27-17)28(25,26)18-9-13-3-6-19(24)22-16(13)10-15(18)21/h1-2,4-5,9-10,17H,3,6-8,11H2,(H,22,24). The Morgan fingerprint density at radius 3 is 2.61 bits per heavy atom. The minimum atomic E-state index is -4.10. The van der Waals surface area contributed by atoms with Gasteiger partial charge in [0.1, 0.15) is 16.5 Å². The number of nitrogens with one attached hydrogen (secondary N) is 1. The van der Waals surface area contributed by atoms with Crippen molar-refractivity contribution in [1.29, 1.82) is 0 Å². The van der Waals surface area contributed by atoms with Gasteiger partial charge in [-0.15, -0.1) is 0 Å². The van der Waals surface area contributed by atoms with Crippen molar-refractivity contribution in [2.45, 2.75) is 23.8 Å². The van der Waals surface area contributed by atoms with Crippen LogP contribution in [0.5, 0.6) is 0 Å². The van der Waals surface area contributed by atoms with Crippen LogP contribution < -0.4 is 5.32 Å². The third-order valence-corrected chi connectivity index (χ3v) is 6.82. The SMILES string of the molecule is O=C1CCc2cc(S(=O)(=O)N3CCOC(c4ccc(F)cc4)C3)c(F)cc2N1. The van der Waals surface area contributed by atoms with Crippen LogP contribution in [0.1, 0.15) is 23.7 Å². The lowest BCUT2D eigenvalue weighted by molar-refractivity contribution is -0.116. The number of rotatable bonds is 3. The third kappa shape index (κ3) is 3.52. The molecule has 2 heterocycles. The predicted molar refractivity (Wildman–Crippen MR) is 97.2 cm³/mol. The molecule has 0 saturated carbocycles. The lowest BCUT2D eigenvalue weighted by Gasteiger charge is -2.32. The Morgan fingerprint density at radius 1 is 1.11 bits per heavy atom. The number of halogens is 2. The van der Waals surface area contributed by atoms with Crippen molar-refractivity contribution in [3.8, 4) is 0 Å². The number of benzene rings is 2. The highest BCUT2D eigenvalue weighted by Crippen LogP contribution is 2.32. The van der Waals surface area contributed by atoms with Gasteiger partial charge < -0.3 is 10.1 Å². The summed E-state index contributed by atoms with van der Waals surface area (Å²) in [6.07, 6.45) is 0.0113. The number of amides is 1. The number of sulfonamides is 1. The minimum Gasteiger partial charge on any atom is -0.371 e. The van der Waals surface area contributed by atoms with E-state index in [4.69, 9.17) is 4.74 Å². The largest absolute Gasteiger partial charge is 0.371 e. The number of aryl methyl sites for hydroxylation is 1. The molecule has 0 radical (unpaired) electrons. The second-order valence-corrected chi connectivity index (χ2v) is 8.67. The van der Waals surface area contributed by atoms with E-state index in [9.17, 15) is 22.0 Å². The summed E-state index contributed by atoms with van der Waals surface area (Å²) < 4.78 is 60.7. The molecule has 0 spiro atoms. The van der Waals surface area contributed by atoms with Crippen molar-refractivity contribution in [2.24, 2.45) is 0 Å². The van der Waals surface area contributed by atoms with E-state index < -0.39 is 32.7 Å². The van der Waals surface area contributed by atoms with E-state index >= 15 is 0 Å². The molecule has 6 nitrogen and oxygen atoms in total. The number of carbonyl (C=O) groups excluding carboxylic acids is 1. The third-order valence-electron chi connectivity index (χ3n) is 4.94. The van der Waals surface area contributed by atoms with Crippen LogP contribution in [0.4, 0.5) is 14.5 Å². The molecule has 1 saturated heterocycles. The molecule has 2 aliphatic rings. The van der Waals surface area contributed by atoms with Gasteiger partial charge in [-0.3, -0.25) is 4.79 Å². The molecule has 0 bridgehead atoms. The minimum absolute atomic E-state index is 0.00122. The molecule has 1 fully saturated rings. The monoisotopic (exact) mass is 408 g/mol. The van der Waals surface area contributed by atoms with Gasteiger partial charge in [0.15, 0.2) is 0 Å². The van der Waals surface area contributed by atoms with Crippen molar-refractivity contribution >= 4 is 21.6 Å². The van der Waals surface area contributed by atoms with E-state index in [0.717, 1.165) is 6.07 Å². The summed E-state index contributed by atoms with van der Waals surface area (Å²) in [5.41, 5.74) is 1.54. The van der Waals surface area contributed by atoms with Crippen LogP contribution in [0.15, 0.2) is 41.3 Å². The summed E-state index contributed by atoms with van der Waals surface area (Å²) in [6, 6.07) is 7.99. The second kappa shape index (κ2) is 7.23. The summed E-state index contributed by atoms with van der Waals surface area (Å²) >= 11 is 0. The average molecular weight is 408 g/mol. The van der Waals surface area contributed by atoms with E-state index in [0.29, 0.717) is 23.2 Å². The molecule has 148 valence electrons. The Kier molecular flexibility index (Phi) is 4.90. The molecule has 1 N–H and O–H groups in total. The predicted octanol–water partition coefficient (Wildman–Crippen LogP) is 2.61. The van der Waals surface area contributed by atoms with Crippen LogP contribution in [-0.2, 0) is 26.0 Å². The molecule has 2 aliphatic heterocycles. The van der Waals surface area contributed by atoms with E-state index in [2.05, 4.69) is 5.32 Å². The van der Waals surface area contributed by atoms with Crippen molar-refractivity contribution < 1.29 is 26.7 Å². The molecule has 2 aromatic rings. The van der Waals surface area contributed by atoms with E-state index in [1.807, 2.05) is 0 Å². The molecule has 4 rings (SSSR count). The molecule has 2 aromatic carbocycles. The zero-order valence-electron chi connectivity index (χ0n) is 14.8. The Hall–Kier alpha value is -2.36. The molecular formula is C19H18F2N2O4S. The Bertz CT molecular complexity index is 1020. The fraction of sp³-hybridized carbons (Fsp3) is 0.316. The lowest BCUT2D eigenvalue weighted by Crippen LogP contribution is -2.42. The molecule has 9 heteroatoms. The van der Waals surface area contributed by atoms with Gasteiger partial charge >= 0.3 is 0 Å². The molecular weight excluding hydrogens is 390 g/mol. The average Bonchev–Trinajstić information content (AvgIpc) is 2.68. The molecule has 28 heavy (non-hydrogen) atoms. The first-order chi connectivity index (χ1) is 13.3. The maximum atomic E-state index is 14.6. The molecule has 0 aromatic heterocycles. The van der Waals surface area contributed by atoms with Crippen LogP contribution in [0.25, 0.3) is 0 Å². The van der Waals surface area contributed by atoms with Crippen molar-refractivity contribution in [2.75, 3.05) is 25.0 Å². The molecule has 1 amide bonds. The van der Waals surface area contributed by atoms with E-state index in [1.54, 1.807) is 0 Å². The van der Waals surface area contributed by atoms with Crippen molar-refractivity contribution in [1.82, 2.24) is 4.31 Å². The number of fused-ring (bicyclic) bond motifs is 1. The van der Waals surface area contributed by atoms with Gasteiger partial charge in [0.25, 0.3) is 0 Å². The van der Waals surface area contributed by atoms with E-state index in [1.165, 1.54) is 34.6 Å². The van der Waals surface area contributed by atoms with Crippen LogP contribution in [-0.4, -0.2) is 38.3 Å². The lowest BCUT2D eigenvalue weighted by atomic mass is 10.0. The van der Waals surface area contributed by atoms with Crippen molar-refractivity contribution in [3.05, 3.63) is 59.2 Å². The summed E-state index contributed by atoms with van der Waals surface area (Å²) in [4.78, 5) is 11.0. The number of carbonyl (C=O) groups is 1. The highest BCUT2D eigenvalue weighted by molar-refractivity contribution is 7.89. The number of hydrogen-bond donors (Lipinski definition) is 1. The number of morpholine rings is 1. The van der Waals surface area contributed by atoms with Gasteiger partial charge in [0.2, 0.25) is 15.9 Å². The van der Waals surface area contributed by atoms with Gasteiger partial charge in [-0.25, -0.2) is 17.2 Å². The smallest absolute Gasteiger partial charge is 0.246 e. The number of anilines is 1. The quantitative estimate of drug-likeness (QED) is 0.847. The fourth-order valence-electron chi connectivity index (χ4n) is 3.44. The van der Waals surface area contributed by atoms with Gasteiger partial charge in [-0.2, -0.15) is 4.31 Å².